The number of alkyl halides is 3. The second-order valence-corrected chi connectivity index (χ2v) is 6.69. The van der Waals surface area contributed by atoms with Crippen LogP contribution in [-0.4, -0.2) is 4.90 Å². The van der Waals surface area contributed by atoms with E-state index in [1.165, 1.54) is 12.1 Å². The van der Waals surface area contributed by atoms with Crippen molar-refractivity contribution in [2.45, 2.75) is 25.8 Å². The fourth-order valence-corrected chi connectivity index (χ4v) is 3.60. The van der Waals surface area contributed by atoms with E-state index in [4.69, 9.17) is 11.6 Å². The SMILES string of the molecule is FC(F)(F)c1ccc(CN2Cc3cc(Br)cc(Cl)c3C2)cc1. The van der Waals surface area contributed by atoms with E-state index < -0.39 is 11.7 Å². The highest BCUT2D eigenvalue weighted by Crippen LogP contribution is 2.34. The number of fused-ring (bicyclic) bond motifs is 1. The third-order valence-corrected chi connectivity index (χ3v) is 4.51. The molecule has 0 aliphatic carbocycles. The lowest BCUT2D eigenvalue weighted by Crippen LogP contribution is -2.15. The highest BCUT2D eigenvalue weighted by molar-refractivity contribution is 9.10. The lowest BCUT2D eigenvalue weighted by Gasteiger charge is -2.15. The molecule has 2 aromatic rings. The van der Waals surface area contributed by atoms with Crippen molar-refractivity contribution in [2.75, 3.05) is 0 Å². The molecule has 22 heavy (non-hydrogen) atoms. The molecule has 0 amide bonds. The first-order chi connectivity index (χ1) is 10.3. The molecule has 1 nitrogen and oxygen atoms in total. The summed E-state index contributed by atoms with van der Waals surface area (Å²) in [7, 11) is 0. The van der Waals surface area contributed by atoms with Crippen LogP contribution in [0.4, 0.5) is 13.2 Å². The Hall–Kier alpha value is -1.04. The maximum Gasteiger partial charge on any atom is 0.416 e. The summed E-state index contributed by atoms with van der Waals surface area (Å²) in [5.74, 6) is 0. The van der Waals surface area contributed by atoms with E-state index in [2.05, 4.69) is 20.8 Å². The van der Waals surface area contributed by atoms with Gasteiger partial charge in [-0.15, -0.1) is 0 Å². The van der Waals surface area contributed by atoms with Crippen molar-refractivity contribution >= 4 is 27.5 Å². The van der Waals surface area contributed by atoms with E-state index in [1.807, 2.05) is 12.1 Å². The second-order valence-electron chi connectivity index (χ2n) is 5.37. The predicted octanol–water partition coefficient (Wildman–Crippen LogP) is 5.64. The zero-order valence-electron chi connectivity index (χ0n) is 11.4. The molecule has 0 spiro atoms. The minimum atomic E-state index is -4.29. The maximum absolute atomic E-state index is 12.6. The Morgan fingerprint density at radius 2 is 1.77 bits per heavy atom. The van der Waals surface area contributed by atoms with Crippen LogP contribution in [0.3, 0.4) is 0 Å². The van der Waals surface area contributed by atoms with Crippen LogP contribution in [0.25, 0.3) is 0 Å². The highest BCUT2D eigenvalue weighted by atomic mass is 79.9. The fourth-order valence-electron chi connectivity index (χ4n) is 2.66. The van der Waals surface area contributed by atoms with E-state index >= 15 is 0 Å². The maximum atomic E-state index is 12.6. The van der Waals surface area contributed by atoms with Crippen LogP contribution in [0.5, 0.6) is 0 Å². The minimum absolute atomic E-state index is 0.598. The smallest absolute Gasteiger partial charge is 0.291 e. The van der Waals surface area contributed by atoms with Gasteiger partial charge in [-0.25, -0.2) is 0 Å². The van der Waals surface area contributed by atoms with E-state index in [-0.39, 0.29) is 0 Å². The molecule has 0 saturated heterocycles. The molecule has 116 valence electrons. The van der Waals surface area contributed by atoms with Crippen molar-refractivity contribution in [3.8, 4) is 0 Å². The van der Waals surface area contributed by atoms with Gasteiger partial charge >= 0.3 is 6.18 Å². The molecule has 0 bridgehead atoms. The summed E-state index contributed by atoms with van der Waals surface area (Å²) in [6, 6.07) is 9.22. The normalized spacial score (nSPS) is 15.1. The van der Waals surface area contributed by atoms with Crippen molar-refractivity contribution in [1.82, 2.24) is 4.90 Å². The Labute approximate surface area is 139 Å². The van der Waals surface area contributed by atoms with Gasteiger partial charge in [-0.1, -0.05) is 39.7 Å². The first-order valence-electron chi connectivity index (χ1n) is 6.68. The van der Waals surface area contributed by atoms with Gasteiger partial charge in [0.2, 0.25) is 0 Å². The molecule has 3 rings (SSSR count). The molecule has 0 fully saturated rings. The Balaban J connectivity index is 1.72. The second kappa shape index (κ2) is 5.87. The lowest BCUT2D eigenvalue weighted by atomic mass is 10.1. The molecule has 0 saturated carbocycles. The van der Waals surface area contributed by atoms with Gasteiger partial charge in [0, 0.05) is 29.1 Å². The summed E-state index contributed by atoms with van der Waals surface area (Å²) in [6.07, 6.45) is -4.29. The van der Waals surface area contributed by atoms with Crippen molar-refractivity contribution in [3.63, 3.8) is 0 Å². The number of rotatable bonds is 2. The lowest BCUT2D eigenvalue weighted by molar-refractivity contribution is -0.137. The number of hydrogen-bond acceptors (Lipinski definition) is 1. The van der Waals surface area contributed by atoms with Gasteiger partial charge in [0.15, 0.2) is 0 Å². The molecule has 0 aromatic heterocycles. The van der Waals surface area contributed by atoms with Gasteiger partial charge in [-0.05, 0) is 41.0 Å². The van der Waals surface area contributed by atoms with Crippen LogP contribution in [-0.2, 0) is 25.8 Å². The molecule has 1 aliphatic heterocycles. The molecule has 0 atom stereocenters. The van der Waals surface area contributed by atoms with E-state index in [9.17, 15) is 13.2 Å². The summed E-state index contributed by atoms with van der Waals surface area (Å²) in [4.78, 5) is 2.16. The standard InChI is InChI=1S/C16H12BrClF3N/c17-13-5-11-8-22(9-14(11)15(18)6-13)7-10-1-3-12(4-2-10)16(19,20)21/h1-6H,7-9H2. The van der Waals surface area contributed by atoms with Gasteiger partial charge in [-0.2, -0.15) is 13.2 Å². The number of hydrogen-bond donors (Lipinski definition) is 0. The Morgan fingerprint density at radius 3 is 2.41 bits per heavy atom. The monoisotopic (exact) mass is 389 g/mol. The molecule has 2 aromatic carbocycles. The first-order valence-corrected chi connectivity index (χ1v) is 7.85. The fraction of sp³-hybridized carbons (Fsp3) is 0.250. The van der Waals surface area contributed by atoms with Crippen molar-refractivity contribution < 1.29 is 13.2 Å². The van der Waals surface area contributed by atoms with Crippen molar-refractivity contribution in [2.24, 2.45) is 0 Å². The Morgan fingerprint density at radius 1 is 1.09 bits per heavy atom. The highest BCUT2D eigenvalue weighted by Gasteiger charge is 2.30. The Bertz CT molecular complexity index is 698. The van der Waals surface area contributed by atoms with Gasteiger partial charge in [0.25, 0.3) is 0 Å². The molecule has 1 aliphatic rings. The largest absolute Gasteiger partial charge is 0.416 e. The van der Waals surface area contributed by atoms with E-state index in [1.54, 1.807) is 0 Å². The average Bonchev–Trinajstić information content (AvgIpc) is 2.81. The zero-order chi connectivity index (χ0) is 15.9. The molecule has 0 radical (unpaired) electrons. The van der Waals surface area contributed by atoms with Crippen LogP contribution in [0.15, 0.2) is 40.9 Å². The molecule has 0 N–H and O–H groups in total. The quantitative estimate of drug-likeness (QED) is 0.642. The summed E-state index contributed by atoms with van der Waals surface area (Å²) in [5.41, 5.74) is 2.49. The van der Waals surface area contributed by atoms with Crippen LogP contribution >= 0.6 is 27.5 Å². The number of nitrogens with zero attached hydrogens (tertiary/aromatic N) is 1. The van der Waals surface area contributed by atoms with E-state index in [0.717, 1.165) is 44.9 Å². The van der Waals surface area contributed by atoms with Crippen LogP contribution in [0.2, 0.25) is 5.02 Å². The van der Waals surface area contributed by atoms with Gasteiger partial charge in [-0.3, -0.25) is 4.90 Å². The summed E-state index contributed by atoms with van der Waals surface area (Å²) in [6.45, 7) is 2.05. The molecule has 0 unspecified atom stereocenters. The molecule has 1 heterocycles. The van der Waals surface area contributed by atoms with E-state index in [0.29, 0.717) is 13.1 Å². The van der Waals surface area contributed by atoms with Crippen LogP contribution < -0.4 is 0 Å². The number of benzene rings is 2. The third-order valence-electron chi connectivity index (χ3n) is 3.72. The third kappa shape index (κ3) is 3.31. The average molecular weight is 391 g/mol. The minimum Gasteiger partial charge on any atom is -0.291 e. The summed E-state index contributed by atoms with van der Waals surface area (Å²) < 4.78 is 38.6. The number of halogens is 5. The zero-order valence-corrected chi connectivity index (χ0v) is 13.8. The van der Waals surface area contributed by atoms with Crippen LogP contribution in [0.1, 0.15) is 22.3 Å². The molecular formula is C16H12BrClF3N. The van der Waals surface area contributed by atoms with Gasteiger partial charge in [0.05, 0.1) is 5.56 Å². The van der Waals surface area contributed by atoms with Gasteiger partial charge in [0.1, 0.15) is 0 Å². The summed E-state index contributed by atoms with van der Waals surface area (Å²) >= 11 is 9.65. The first kappa shape index (κ1) is 15.8. The predicted molar refractivity (Wildman–Crippen MR) is 83.5 cm³/mol. The van der Waals surface area contributed by atoms with Crippen molar-refractivity contribution in [3.05, 3.63) is 68.1 Å². The Kier molecular flexibility index (Phi) is 4.23. The molecule has 6 heteroatoms. The van der Waals surface area contributed by atoms with Crippen molar-refractivity contribution in [1.29, 1.82) is 0 Å². The molecular weight excluding hydrogens is 379 g/mol. The van der Waals surface area contributed by atoms with Gasteiger partial charge < -0.3 is 0 Å². The van der Waals surface area contributed by atoms with Crippen LogP contribution in [0, 0.1) is 0 Å². The topological polar surface area (TPSA) is 3.24 Å². The summed E-state index contributed by atoms with van der Waals surface area (Å²) in [5, 5.41) is 0.722.